The van der Waals surface area contributed by atoms with Gasteiger partial charge in [0.15, 0.2) is 11.2 Å². The predicted molar refractivity (Wildman–Crippen MR) is 79.7 cm³/mol. The summed E-state index contributed by atoms with van der Waals surface area (Å²) in [5, 5.41) is -0.201. The fraction of sp³-hybridized carbons (Fsp3) is 0.643. The number of ether oxygens (including phenoxy) is 2. The van der Waals surface area contributed by atoms with E-state index in [2.05, 4.69) is 19.5 Å². The van der Waals surface area contributed by atoms with Crippen molar-refractivity contribution in [3.8, 4) is 5.88 Å². The second-order valence-corrected chi connectivity index (χ2v) is 5.99. The van der Waals surface area contributed by atoms with Gasteiger partial charge in [0.1, 0.15) is 12.2 Å². The molecule has 2 aromatic heterocycles. The Labute approximate surface area is 128 Å². The first-order valence-corrected chi connectivity index (χ1v) is 7.61. The highest BCUT2D eigenvalue weighted by Crippen LogP contribution is 2.29. The average molecular weight is 311 g/mol. The molecule has 2 aromatic rings. The lowest BCUT2D eigenvalue weighted by molar-refractivity contribution is 0.0484. The molecule has 7 heteroatoms. The van der Waals surface area contributed by atoms with Crippen molar-refractivity contribution in [3.05, 3.63) is 12.2 Å². The highest BCUT2D eigenvalue weighted by Gasteiger charge is 2.23. The number of hydrogen-bond acceptors (Lipinski definition) is 5. The third-order valence-corrected chi connectivity index (χ3v) is 3.97. The van der Waals surface area contributed by atoms with E-state index in [1.165, 1.54) is 6.33 Å². The van der Waals surface area contributed by atoms with Crippen molar-refractivity contribution in [2.24, 2.45) is 5.92 Å². The van der Waals surface area contributed by atoms with Crippen molar-refractivity contribution in [2.45, 2.75) is 31.7 Å². The lowest BCUT2D eigenvalue weighted by Gasteiger charge is -2.23. The molecule has 114 valence electrons. The SMILES string of the molecule is COc1ncnc2c1nc(C(C)Cl)n2CC1CCCOC1. The van der Waals surface area contributed by atoms with E-state index in [4.69, 9.17) is 21.1 Å². The van der Waals surface area contributed by atoms with Crippen LogP contribution in [0.25, 0.3) is 11.2 Å². The van der Waals surface area contributed by atoms with E-state index >= 15 is 0 Å². The van der Waals surface area contributed by atoms with Crippen molar-refractivity contribution in [3.63, 3.8) is 0 Å². The van der Waals surface area contributed by atoms with Crippen LogP contribution in [0.3, 0.4) is 0 Å². The van der Waals surface area contributed by atoms with Crippen molar-refractivity contribution in [2.75, 3.05) is 20.3 Å². The number of hydrogen-bond donors (Lipinski definition) is 0. The molecule has 1 aliphatic rings. The molecule has 0 aliphatic carbocycles. The Hall–Kier alpha value is -1.40. The first-order chi connectivity index (χ1) is 10.2. The van der Waals surface area contributed by atoms with E-state index in [1.54, 1.807) is 7.11 Å². The molecule has 2 unspecified atom stereocenters. The maximum absolute atomic E-state index is 6.29. The highest BCUT2D eigenvalue weighted by molar-refractivity contribution is 6.20. The van der Waals surface area contributed by atoms with E-state index in [9.17, 15) is 0 Å². The minimum atomic E-state index is -0.201. The van der Waals surface area contributed by atoms with Gasteiger partial charge < -0.3 is 14.0 Å². The third kappa shape index (κ3) is 2.82. The first kappa shape index (κ1) is 14.5. The normalized spacial score (nSPS) is 20.6. The number of nitrogens with zero attached hydrogens (tertiary/aromatic N) is 4. The number of imidazole rings is 1. The number of fused-ring (bicyclic) bond motifs is 1. The Balaban J connectivity index is 2.03. The molecule has 1 saturated heterocycles. The van der Waals surface area contributed by atoms with Crippen LogP contribution in [0.1, 0.15) is 31.0 Å². The molecule has 0 amide bonds. The van der Waals surface area contributed by atoms with Crippen molar-refractivity contribution >= 4 is 22.8 Å². The fourth-order valence-corrected chi connectivity index (χ4v) is 2.94. The predicted octanol–water partition coefficient (Wildman–Crippen LogP) is 2.56. The van der Waals surface area contributed by atoms with Gasteiger partial charge in [-0.25, -0.2) is 9.97 Å². The molecule has 0 aromatic carbocycles. The molecular weight excluding hydrogens is 292 g/mol. The van der Waals surface area contributed by atoms with Crippen LogP contribution in [0.2, 0.25) is 0 Å². The maximum atomic E-state index is 6.29. The minimum absolute atomic E-state index is 0.201. The quantitative estimate of drug-likeness (QED) is 0.812. The lowest BCUT2D eigenvalue weighted by Crippen LogP contribution is -2.23. The number of rotatable bonds is 4. The number of aromatic nitrogens is 4. The van der Waals surface area contributed by atoms with Crippen LogP contribution in [0.5, 0.6) is 5.88 Å². The smallest absolute Gasteiger partial charge is 0.245 e. The monoisotopic (exact) mass is 310 g/mol. The molecule has 21 heavy (non-hydrogen) atoms. The van der Waals surface area contributed by atoms with Crippen LogP contribution in [0, 0.1) is 5.92 Å². The second kappa shape index (κ2) is 6.15. The molecule has 2 atom stereocenters. The molecule has 1 aliphatic heterocycles. The van der Waals surface area contributed by atoms with Crippen LogP contribution in [-0.2, 0) is 11.3 Å². The Kier molecular flexibility index (Phi) is 4.26. The Morgan fingerprint density at radius 3 is 3.05 bits per heavy atom. The van der Waals surface area contributed by atoms with Gasteiger partial charge in [-0.1, -0.05) is 0 Å². The van der Waals surface area contributed by atoms with E-state index in [0.717, 1.165) is 44.1 Å². The van der Waals surface area contributed by atoms with Gasteiger partial charge in [-0.3, -0.25) is 0 Å². The molecule has 0 bridgehead atoms. The Bertz CT molecular complexity index is 623. The summed E-state index contributed by atoms with van der Waals surface area (Å²) in [6.07, 6.45) is 3.75. The van der Waals surface area contributed by atoms with Gasteiger partial charge in [0.25, 0.3) is 0 Å². The van der Waals surface area contributed by atoms with Crippen molar-refractivity contribution in [1.82, 2.24) is 19.5 Å². The molecular formula is C14H19ClN4O2. The molecule has 3 heterocycles. The molecule has 0 N–H and O–H groups in total. The molecule has 1 fully saturated rings. The van der Waals surface area contributed by atoms with Gasteiger partial charge in [-0.2, -0.15) is 4.98 Å². The summed E-state index contributed by atoms with van der Waals surface area (Å²) >= 11 is 6.29. The van der Waals surface area contributed by atoms with Gasteiger partial charge in [0.05, 0.1) is 19.1 Å². The maximum Gasteiger partial charge on any atom is 0.245 e. The summed E-state index contributed by atoms with van der Waals surface area (Å²) in [6.45, 7) is 4.35. The third-order valence-electron chi connectivity index (χ3n) is 3.77. The van der Waals surface area contributed by atoms with E-state index < -0.39 is 0 Å². The van der Waals surface area contributed by atoms with E-state index in [-0.39, 0.29) is 5.38 Å². The summed E-state index contributed by atoms with van der Waals surface area (Å²) in [5.74, 6) is 1.75. The molecule has 3 rings (SSSR count). The largest absolute Gasteiger partial charge is 0.479 e. The number of alkyl halides is 1. The standard InChI is InChI=1S/C14H19ClN4O2/c1-9(15)12-18-11-13(16-8-17-14(11)20-2)19(12)6-10-4-3-5-21-7-10/h8-10H,3-7H2,1-2H3. The van der Waals surface area contributed by atoms with Crippen LogP contribution < -0.4 is 4.74 Å². The van der Waals surface area contributed by atoms with E-state index in [0.29, 0.717) is 17.3 Å². The van der Waals surface area contributed by atoms with Gasteiger partial charge in [0, 0.05) is 19.1 Å². The number of methoxy groups -OCH3 is 1. The van der Waals surface area contributed by atoms with Gasteiger partial charge in [-0.15, -0.1) is 11.6 Å². The van der Waals surface area contributed by atoms with Crippen molar-refractivity contribution < 1.29 is 9.47 Å². The van der Waals surface area contributed by atoms with Gasteiger partial charge >= 0.3 is 0 Å². The molecule has 6 nitrogen and oxygen atoms in total. The zero-order valence-corrected chi connectivity index (χ0v) is 13.0. The first-order valence-electron chi connectivity index (χ1n) is 7.17. The minimum Gasteiger partial charge on any atom is -0.479 e. The summed E-state index contributed by atoms with van der Waals surface area (Å²) in [5.41, 5.74) is 1.44. The molecule has 0 spiro atoms. The summed E-state index contributed by atoms with van der Waals surface area (Å²) < 4.78 is 12.9. The van der Waals surface area contributed by atoms with Crippen LogP contribution >= 0.6 is 11.6 Å². The number of halogens is 1. The summed E-state index contributed by atoms with van der Waals surface area (Å²) in [7, 11) is 1.58. The topological polar surface area (TPSA) is 62.1 Å². The highest BCUT2D eigenvalue weighted by atomic mass is 35.5. The van der Waals surface area contributed by atoms with Crippen molar-refractivity contribution in [1.29, 1.82) is 0 Å². The summed E-state index contributed by atoms with van der Waals surface area (Å²) in [4.78, 5) is 13.1. The Morgan fingerprint density at radius 1 is 1.52 bits per heavy atom. The Morgan fingerprint density at radius 2 is 2.38 bits per heavy atom. The summed E-state index contributed by atoms with van der Waals surface area (Å²) in [6, 6.07) is 0. The van der Waals surface area contributed by atoms with Crippen LogP contribution in [-0.4, -0.2) is 39.8 Å². The van der Waals surface area contributed by atoms with Gasteiger partial charge in [0.2, 0.25) is 5.88 Å². The lowest BCUT2D eigenvalue weighted by atomic mass is 10.0. The zero-order valence-electron chi connectivity index (χ0n) is 12.3. The van der Waals surface area contributed by atoms with E-state index in [1.807, 2.05) is 6.92 Å². The molecule has 0 radical (unpaired) electrons. The van der Waals surface area contributed by atoms with Crippen LogP contribution in [0.4, 0.5) is 0 Å². The molecule has 0 saturated carbocycles. The zero-order chi connectivity index (χ0) is 14.8. The second-order valence-electron chi connectivity index (χ2n) is 5.33. The fourth-order valence-electron chi connectivity index (χ4n) is 2.78. The van der Waals surface area contributed by atoms with Crippen LogP contribution in [0.15, 0.2) is 6.33 Å². The van der Waals surface area contributed by atoms with Gasteiger partial charge in [-0.05, 0) is 19.8 Å². The average Bonchev–Trinajstić information content (AvgIpc) is 2.87.